The van der Waals surface area contributed by atoms with Gasteiger partial charge < -0.3 is 15.0 Å². The van der Waals surface area contributed by atoms with Gasteiger partial charge in [0.25, 0.3) is 0 Å². The lowest BCUT2D eigenvalue weighted by atomic mass is 9.80. The first-order chi connectivity index (χ1) is 10.2. The zero-order valence-electron chi connectivity index (χ0n) is 12.9. The molecule has 1 aromatic rings. The van der Waals surface area contributed by atoms with Gasteiger partial charge in [-0.25, -0.2) is 9.18 Å². The molecular weight excluding hydrogens is 287 g/mol. The van der Waals surface area contributed by atoms with Gasteiger partial charge in [-0.2, -0.15) is 0 Å². The lowest BCUT2D eigenvalue weighted by molar-refractivity contribution is -0.120. The number of rotatable bonds is 0. The maximum Gasteiger partial charge on any atom is 0.410 e. The molecule has 22 heavy (non-hydrogen) atoms. The molecule has 2 heterocycles. The van der Waals surface area contributed by atoms with E-state index in [0.717, 1.165) is 0 Å². The van der Waals surface area contributed by atoms with E-state index < -0.39 is 22.9 Å². The van der Waals surface area contributed by atoms with Crippen LogP contribution in [0.3, 0.4) is 0 Å². The Morgan fingerprint density at radius 3 is 2.82 bits per heavy atom. The van der Waals surface area contributed by atoms with E-state index in [4.69, 9.17) is 4.74 Å². The van der Waals surface area contributed by atoms with E-state index in [1.54, 1.807) is 32.9 Å². The molecule has 1 N–H and O–H groups in total. The molecule has 6 heteroatoms. The molecule has 0 unspecified atom stereocenters. The van der Waals surface area contributed by atoms with E-state index >= 15 is 0 Å². The lowest BCUT2D eigenvalue weighted by Gasteiger charge is -2.26. The third-order valence-corrected chi connectivity index (χ3v) is 4.10. The number of amides is 2. The van der Waals surface area contributed by atoms with Gasteiger partial charge in [-0.1, -0.05) is 6.07 Å². The van der Waals surface area contributed by atoms with Crippen molar-refractivity contribution in [3.63, 3.8) is 0 Å². The molecule has 2 aliphatic rings. The second kappa shape index (κ2) is 4.69. The Morgan fingerprint density at radius 1 is 1.41 bits per heavy atom. The molecule has 2 amide bonds. The molecule has 1 fully saturated rings. The van der Waals surface area contributed by atoms with Crippen molar-refractivity contribution in [3.8, 4) is 0 Å². The summed E-state index contributed by atoms with van der Waals surface area (Å²) in [5, 5.41) is 2.72. The molecule has 0 aromatic heterocycles. The first kappa shape index (κ1) is 14.8. The maximum absolute atomic E-state index is 14.2. The quantitative estimate of drug-likeness (QED) is 0.801. The van der Waals surface area contributed by atoms with Crippen LogP contribution in [0.4, 0.5) is 14.9 Å². The fraction of sp³-hybridized carbons (Fsp3) is 0.500. The number of carbonyl (C=O) groups is 2. The number of benzene rings is 1. The molecular formula is C16H19FN2O3. The van der Waals surface area contributed by atoms with Crippen molar-refractivity contribution in [2.45, 2.75) is 38.2 Å². The van der Waals surface area contributed by atoms with Crippen molar-refractivity contribution in [2.75, 3.05) is 18.4 Å². The molecule has 5 nitrogen and oxygen atoms in total. The smallest absolute Gasteiger partial charge is 0.410 e. The van der Waals surface area contributed by atoms with E-state index in [1.807, 2.05) is 0 Å². The standard InChI is InChI=1S/C16H19FN2O3/c1-15(2,3)22-14(21)19-8-7-16(9-19)12-10(17)5-4-6-11(12)18-13(16)20/h4-6H,7-9H2,1-3H3,(H,18,20)/t16-/m1/s1. The van der Waals surface area contributed by atoms with Gasteiger partial charge in [-0.3, -0.25) is 4.79 Å². The van der Waals surface area contributed by atoms with Crippen LogP contribution in [0, 0.1) is 5.82 Å². The summed E-state index contributed by atoms with van der Waals surface area (Å²) in [6, 6.07) is 4.59. The van der Waals surface area contributed by atoms with Crippen LogP contribution in [-0.4, -0.2) is 35.6 Å². The monoisotopic (exact) mass is 306 g/mol. The minimum absolute atomic E-state index is 0.141. The molecule has 3 rings (SSSR count). The highest BCUT2D eigenvalue weighted by molar-refractivity contribution is 6.07. The number of nitrogens with one attached hydrogen (secondary N) is 1. The number of hydrogen-bond acceptors (Lipinski definition) is 3. The van der Waals surface area contributed by atoms with Gasteiger partial charge in [-0.15, -0.1) is 0 Å². The highest BCUT2D eigenvalue weighted by Gasteiger charge is 2.54. The Bertz CT molecular complexity index is 653. The predicted molar refractivity (Wildman–Crippen MR) is 79.1 cm³/mol. The van der Waals surface area contributed by atoms with E-state index in [-0.39, 0.29) is 12.5 Å². The minimum Gasteiger partial charge on any atom is -0.444 e. The van der Waals surface area contributed by atoms with Crippen LogP contribution in [0.25, 0.3) is 0 Å². The summed E-state index contributed by atoms with van der Waals surface area (Å²) in [6.07, 6.45) is -0.0756. The number of anilines is 1. The highest BCUT2D eigenvalue weighted by Crippen LogP contribution is 2.45. The Balaban J connectivity index is 1.89. The summed E-state index contributed by atoms with van der Waals surface area (Å²) in [5.41, 5.74) is -0.743. The molecule has 0 saturated carbocycles. The zero-order chi connectivity index (χ0) is 16.1. The number of nitrogens with zero attached hydrogens (tertiary/aromatic N) is 1. The summed E-state index contributed by atoms with van der Waals surface area (Å²) in [4.78, 5) is 26.1. The summed E-state index contributed by atoms with van der Waals surface area (Å²) in [7, 11) is 0. The Labute approximate surface area is 128 Å². The van der Waals surface area contributed by atoms with Crippen LogP contribution in [0.1, 0.15) is 32.8 Å². The van der Waals surface area contributed by atoms with Gasteiger partial charge in [0, 0.05) is 24.3 Å². The van der Waals surface area contributed by atoms with Crippen molar-refractivity contribution < 1.29 is 18.7 Å². The average Bonchev–Trinajstić information content (AvgIpc) is 2.93. The minimum atomic E-state index is -1.00. The molecule has 0 bridgehead atoms. The molecule has 1 atom stereocenters. The molecule has 1 saturated heterocycles. The van der Waals surface area contributed by atoms with Crippen LogP contribution in [-0.2, 0) is 14.9 Å². The maximum atomic E-state index is 14.2. The fourth-order valence-corrected chi connectivity index (χ4v) is 3.15. The number of likely N-dealkylation sites (tertiary alicyclic amines) is 1. The van der Waals surface area contributed by atoms with Crippen molar-refractivity contribution in [3.05, 3.63) is 29.6 Å². The number of carbonyl (C=O) groups excluding carboxylic acids is 2. The predicted octanol–water partition coefficient (Wildman–Crippen LogP) is 2.66. The highest BCUT2D eigenvalue weighted by atomic mass is 19.1. The SMILES string of the molecule is CC(C)(C)OC(=O)N1CC[C@]2(C1)C(=O)Nc1cccc(F)c12. The molecule has 1 spiro atoms. The summed E-state index contributed by atoms with van der Waals surface area (Å²) in [6.45, 7) is 5.87. The number of halogens is 1. The van der Waals surface area contributed by atoms with Gasteiger partial charge in [0.15, 0.2) is 0 Å². The van der Waals surface area contributed by atoms with Gasteiger partial charge in [0.1, 0.15) is 11.4 Å². The largest absolute Gasteiger partial charge is 0.444 e. The lowest BCUT2D eigenvalue weighted by Crippen LogP contribution is -2.41. The van der Waals surface area contributed by atoms with Crippen molar-refractivity contribution >= 4 is 17.7 Å². The Morgan fingerprint density at radius 2 is 2.14 bits per heavy atom. The van der Waals surface area contributed by atoms with Crippen molar-refractivity contribution in [1.82, 2.24) is 4.90 Å². The number of fused-ring (bicyclic) bond motifs is 2. The number of ether oxygens (including phenoxy) is 1. The summed E-state index contributed by atoms with van der Waals surface area (Å²) in [5.74, 6) is -0.666. The van der Waals surface area contributed by atoms with Gasteiger partial charge in [0.05, 0.1) is 5.41 Å². The molecule has 0 radical (unpaired) electrons. The summed E-state index contributed by atoms with van der Waals surface area (Å²) >= 11 is 0. The van der Waals surface area contributed by atoms with Gasteiger partial charge in [-0.05, 0) is 39.3 Å². The van der Waals surface area contributed by atoms with Crippen LogP contribution >= 0.6 is 0 Å². The molecule has 0 aliphatic carbocycles. The molecule has 1 aromatic carbocycles. The third-order valence-electron chi connectivity index (χ3n) is 4.10. The molecule has 2 aliphatic heterocycles. The average molecular weight is 306 g/mol. The van der Waals surface area contributed by atoms with E-state index in [2.05, 4.69) is 5.32 Å². The fourth-order valence-electron chi connectivity index (χ4n) is 3.15. The second-order valence-electron chi connectivity index (χ2n) is 6.85. The van der Waals surface area contributed by atoms with Crippen LogP contribution in [0.5, 0.6) is 0 Å². The summed E-state index contributed by atoms with van der Waals surface area (Å²) < 4.78 is 19.6. The molecule has 118 valence electrons. The Hall–Kier alpha value is -2.11. The third kappa shape index (κ3) is 2.23. The van der Waals surface area contributed by atoms with Crippen molar-refractivity contribution in [1.29, 1.82) is 0 Å². The zero-order valence-corrected chi connectivity index (χ0v) is 12.9. The van der Waals surface area contributed by atoms with E-state index in [1.165, 1.54) is 11.0 Å². The van der Waals surface area contributed by atoms with E-state index in [9.17, 15) is 14.0 Å². The Kier molecular flexibility index (Phi) is 3.16. The van der Waals surface area contributed by atoms with Gasteiger partial charge in [0.2, 0.25) is 5.91 Å². The van der Waals surface area contributed by atoms with Crippen LogP contribution in [0.2, 0.25) is 0 Å². The van der Waals surface area contributed by atoms with Crippen LogP contribution < -0.4 is 5.32 Å². The van der Waals surface area contributed by atoms with Crippen molar-refractivity contribution in [2.24, 2.45) is 0 Å². The number of hydrogen-bond donors (Lipinski definition) is 1. The van der Waals surface area contributed by atoms with E-state index in [0.29, 0.717) is 24.2 Å². The first-order valence-electron chi connectivity index (χ1n) is 7.31. The normalized spacial score (nSPS) is 23.6. The van der Waals surface area contributed by atoms with Crippen LogP contribution in [0.15, 0.2) is 18.2 Å². The van der Waals surface area contributed by atoms with Gasteiger partial charge >= 0.3 is 6.09 Å². The second-order valence-corrected chi connectivity index (χ2v) is 6.85. The topological polar surface area (TPSA) is 58.6 Å². The first-order valence-corrected chi connectivity index (χ1v) is 7.31.